The Morgan fingerprint density at radius 1 is 1.33 bits per heavy atom. The van der Waals surface area contributed by atoms with Crippen LogP contribution < -0.4 is 0 Å². The van der Waals surface area contributed by atoms with E-state index in [4.69, 9.17) is 0 Å². The summed E-state index contributed by atoms with van der Waals surface area (Å²) in [4.78, 5) is 4.35. The van der Waals surface area contributed by atoms with E-state index in [1.807, 2.05) is 30.9 Å². The molecule has 4 nitrogen and oxygen atoms in total. The van der Waals surface area contributed by atoms with Crippen LogP contribution in [0.25, 0.3) is 0 Å². The average molecular weight is 247 g/mol. The molecule has 98 valence electrons. The van der Waals surface area contributed by atoms with Crippen molar-refractivity contribution in [2.75, 3.05) is 0 Å². The lowest BCUT2D eigenvalue weighted by molar-refractivity contribution is 0.166. The molecule has 2 aromatic heterocycles. The molecule has 0 fully saturated rings. The van der Waals surface area contributed by atoms with Gasteiger partial charge in [-0.1, -0.05) is 13.3 Å². The van der Waals surface area contributed by atoms with Crippen molar-refractivity contribution < 1.29 is 5.11 Å². The minimum Gasteiger partial charge on any atom is -0.388 e. The normalized spacial score (nSPS) is 12.8. The average Bonchev–Trinajstić information content (AvgIpc) is 2.99. The highest BCUT2D eigenvalue weighted by molar-refractivity contribution is 5.14. The molecule has 0 radical (unpaired) electrons. The molecule has 0 spiro atoms. The molecule has 0 amide bonds. The van der Waals surface area contributed by atoms with E-state index < -0.39 is 0 Å². The van der Waals surface area contributed by atoms with Gasteiger partial charge >= 0.3 is 0 Å². The van der Waals surface area contributed by atoms with Crippen molar-refractivity contribution in [1.29, 1.82) is 0 Å². The van der Waals surface area contributed by atoms with Crippen molar-refractivity contribution in [2.24, 2.45) is 0 Å². The number of aliphatic hydroxyl groups excluding tert-OH is 1. The predicted octanol–water partition coefficient (Wildman–Crippen LogP) is 2.59. The first-order chi connectivity index (χ1) is 8.74. The molecule has 18 heavy (non-hydrogen) atoms. The highest BCUT2D eigenvalue weighted by Gasteiger charge is 2.09. The maximum Gasteiger partial charge on any atom is 0.128 e. The number of rotatable bonds is 6. The molecule has 4 heteroatoms. The van der Waals surface area contributed by atoms with Crippen molar-refractivity contribution in [3.63, 3.8) is 0 Å². The molecule has 0 aliphatic heterocycles. The molecule has 1 unspecified atom stereocenters. The zero-order valence-electron chi connectivity index (χ0n) is 11.1. The molecule has 0 saturated heterocycles. The summed E-state index contributed by atoms with van der Waals surface area (Å²) >= 11 is 0. The lowest BCUT2D eigenvalue weighted by Gasteiger charge is -2.07. The van der Waals surface area contributed by atoms with E-state index in [1.54, 1.807) is 0 Å². The van der Waals surface area contributed by atoms with Crippen LogP contribution in [0, 0.1) is 0 Å². The maximum absolute atomic E-state index is 9.93. The van der Waals surface area contributed by atoms with Gasteiger partial charge in [0.15, 0.2) is 0 Å². The molecule has 2 heterocycles. The van der Waals surface area contributed by atoms with Crippen LogP contribution in [-0.2, 0) is 13.1 Å². The van der Waals surface area contributed by atoms with E-state index in [9.17, 15) is 5.11 Å². The van der Waals surface area contributed by atoms with Gasteiger partial charge in [0.1, 0.15) is 5.82 Å². The fourth-order valence-electron chi connectivity index (χ4n) is 2.14. The summed E-state index contributed by atoms with van der Waals surface area (Å²) in [6.07, 6.45) is 9.29. The van der Waals surface area contributed by atoms with Crippen LogP contribution in [0.2, 0.25) is 0 Å². The van der Waals surface area contributed by atoms with Crippen LogP contribution in [0.5, 0.6) is 0 Å². The van der Waals surface area contributed by atoms with Gasteiger partial charge in [-0.2, -0.15) is 0 Å². The number of aryl methyl sites for hydroxylation is 1. The summed E-state index contributed by atoms with van der Waals surface area (Å²) in [5.41, 5.74) is 0.992. The Labute approximate surface area is 108 Å². The van der Waals surface area contributed by atoms with Crippen molar-refractivity contribution >= 4 is 0 Å². The van der Waals surface area contributed by atoms with Gasteiger partial charge in [-0.05, 0) is 25.0 Å². The minimum absolute atomic E-state index is 0.345. The molecule has 0 aromatic carbocycles. The third kappa shape index (κ3) is 2.82. The SMILES string of the molecule is CCCC(O)c1ccn(Cc2nccn2CC)c1. The minimum atomic E-state index is -0.345. The highest BCUT2D eigenvalue weighted by atomic mass is 16.3. The number of aromatic nitrogens is 3. The Kier molecular flexibility index (Phi) is 4.20. The lowest BCUT2D eigenvalue weighted by Crippen LogP contribution is -2.06. The van der Waals surface area contributed by atoms with E-state index in [0.29, 0.717) is 0 Å². The second-order valence-corrected chi connectivity index (χ2v) is 4.55. The molecule has 0 bridgehead atoms. The van der Waals surface area contributed by atoms with Crippen molar-refractivity contribution in [3.05, 3.63) is 42.2 Å². The Morgan fingerprint density at radius 2 is 2.17 bits per heavy atom. The first-order valence-electron chi connectivity index (χ1n) is 6.58. The molecular formula is C14H21N3O. The Morgan fingerprint density at radius 3 is 2.89 bits per heavy atom. The van der Waals surface area contributed by atoms with E-state index in [0.717, 1.165) is 37.3 Å². The first-order valence-corrected chi connectivity index (χ1v) is 6.58. The largest absolute Gasteiger partial charge is 0.388 e. The van der Waals surface area contributed by atoms with Crippen LogP contribution in [0.15, 0.2) is 30.9 Å². The van der Waals surface area contributed by atoms with Crippen molar-refractivity contribution in [3.8, 4) is 0 Å². The van der Waals surface area contributed by atoms with E-state index in [-0.39, 0.29) is 6.10 Å². The molecule has 0 saturated carbocycles. The molecule has 1 N–H and O–H groups in total. The van der Waals surface area contributed by atoms with Gasteiger partial charge in [0, 0.05) is 31.3 Å². The number of hydrogen-bond acceptors (Lipinski definition) is 2. The summed E-state index contributed by atoms with van der Waals surface area (Å²) in [5, 5.41) is 9.93. The number of aliphatic hydroxyl groups is 1. The number of imidazole rings is 1. The smallest absolute Gasteiger partial charge is 0.128 e. The number of nitrogens with zero attached hydrogens (tertiary/aromatic N) is 3. The van der Waals surface area contributed by atoms with Gasteiger partial charge in [-0.3, -0.25) is 0 Å². The Bertz CT molecular complexity index is 487. The molecule has 1 atom stereocenters. The standard InChI is InChI=1S/C14H21N3O/c1-3-5-13(18)12-6-8-16(10-12)11-14-15-7-9-17(14)4-2/h6-10,13,18H,3-5,11H2,1-2H3. The quantitative estimate of drug-likeness (QED) is 0.852. The molecule has 2 rings (SSSR count). The van der Waals surface area contributed by atoms with Gasteiger partial charge < -0.3 is 14.2 Å². The highest BCUT2D eigenvalue weighted by Crippen LogP contribution is 2.18. The molecule has 0 aliphatic carbocycles. The summed E-state index contributed by atoms with van der Waals surface area (Å²) in [6, 6.07) is 1.99. The third-order valence-electron chi connectivity index (χ3n) is 3.19. The van der Waals surface area contributed by atoms with Crippen LogP contribution in [0.3, 0.4) is 0 Å². The van der Waals surface area contributed by atoms with Crippen LogP contribution >= 0.6 is 0 Å². The monoisotopic (exact) mass is 247 g/mol. The fourth-order valence-corrected chi connectivity index (χ4v) is 2.14. The van der Waals surface area contributed by atoms with E-state index in [2.05, 4.69) is 28.0 Å². The summed E-state index contributed by atoms with van der Waals surface area (Å²) in [5.74, 6) is 1.05. The lowest BCUT2D eigenvalue weighted by atomic mass is 10.1. The van der Waals surface area contributed by atoms with Gasteiger partial charge in [-0.15, -0.1) is 0 Å². The molecular weight excluding hydrogens is 226 g/mol. The van der Waals surface area contributed by atoms with Crippen LogP contribution in [0.1, 0.15) is 44.2 Å². The number of hydrogen-bond donors (Lipinski definition) is 1. The molecule has 0 aliphatic rings. The predicted molar refractivity (Wildman–Crippen MR) is 71.3 cm³/mol. The Balaban J connectivity index is 2.07. The second-order valence-electron chi connectivity index (χ2n) is 4.55. The van der Waals surface area contributed by atoms with Crippen LogP contribution in [0.4, 0.5) is 0 Å². The van der Waals surface area contributed by atoms with Gasteiger partial charge in [0.05, 0.1) is 12.6 Å². The van der Waals surface area contributed by atoms with Gasteiger partial charge in [-0.25, -0.2) is 4.98 Å². The third-order valence-corrected chi connectivity index (χ3v) is 3.19. The summed E-state index contributed by atoms with van der Waals surface area (Å²) < 4.78 is 4.20. The van der Waals surface area contributed by atoms with E-state index in [1.165, 1.54) is 0 Å². The second kappa shape index (κ2) is 5.87. The zero-order chi connectivity index (χ0) is 13.0. The fraction of sp³-hybridized carbons (Fsp3) is 0.500. The first kappa shape index (κ1) is 12.9. The summed E-state index contributed by atoms with van der Waals surface area (Å²) in [7, 11) is 0. The maximum atomic E-state index is 9.93. The van der Waals surface area contributed by atoms with Crippen LogP contribution in [-0.4, -0.2) is 19.2 Å². The van der Waals surface area contributed by atoms with Crippen molar-refractivity contribution in [1.82, 2.24) is 14.1 Å². The summed E-state index contributed by atoms with van der Waals surface area (Å²) in [6.45, 7) is 5.87. The van der Waals surface area contributed by atoms with Gasteiger partial charge in [0.25, 0.3) is 0 Å². The Hall–Kier alpha value is -1.55. The topological polar surface area (TPSA) is 43.0 Å². The van der Waals surface area contributed by atoms with E-state index >= 15 is 0 Å². The van der Waals surface area contributed by atoms with Crippen molar-refractivity contribution in [2.45, 2.75) is 45.9 Å². The van der Waals surface area contributed by atoms with Gasteiger partial charge in [0.2, 0.25) is 0 Å². The zero-order valence-corrected chi connectivity index (χ0v) is 11.1. The molecule has 2 aromatic rings.